The lowest BCUT2D eigenvalue weighted by Crippen LogP contribution is -2.45. The monoisotopic (exact) mass is 307 g/mol. The van der Waals surface area contributed by atoms with Crippen molar-refractivity contribution < 1.29 is 9.53 Å². The van der Waals surface area contributed by atoms with E-state index < -0.39 is 0 Å². The number of carbonyl (C=O) groups excluding carboxylic acids is 1. The molecule has 3 N–H and O–H groups in total. The lowest BCUT2D eigenvalue weighted by molar-refractivity contribution is -0.122. The van der Waals surface area contributed by atoms with Gasteiger partial charge in [-0.25, -0.2) is 0 Å². The minimum Gasteiger partial charge on any atom is -0.494 e. The molecule has 0 aromatic heterocycles. The largest absolute Gasteiger partial charge is 0.494 e. The van der Waals surface area contributed by atoms with Crippen LogP contribution < -0.4 is 15.8 Å². The van der Waals surface area contributed by atoms with E-state index in [2.05, 4.69) is 5.32 Å². The number of hydrogen-bond donors (Lipinski definition) is 2. The van der Waals surface area contributed by atoms with Crippen LogP contribution in [0, 0.1) is 5.92 Å². The van der Waals surface area contributed by atoms with Crippen LogP contribution in [0.1, 0.15) is 19.8 Å². The Balaban J connectivity index is 1.92. The number of carbonyl (C=O) groups is 1. The van der Waals surface area contributed by atoms with Crippen molar-refractivity contribution in [3.63, 3.8) is 0 Å². The minimum absolute atomic E-state index is 0.112. The van der Waals surface area contributed by atoms with E-state index >= 15 is 0 Å². The molecular weight excluding hydrogens is 286 g/mol. The highest BCUT2D eigenvalue weighted by Crippen LogP contribution is 2.19. The first kappa shape index (κ1) is 15.6. The minimum atomic E-state index is -0.247. The molecule has 114 valence electrons. The Morgan fingerprint density at radius 3 is 2.81 bits per heavy atom. The second kappa shape index (κ2) is 7.26. The van der Waals surface area contributed by atoms with Gasteiger partial charge >= 0.3 is 0 Å². The van der Waals surface area contributed by atoms with Gasteiger partial charge in [0.2, 0.25) is 5.91 Å². The first-order chi connectivity index (χ1) is 10.1. The molecule has 1 aliphatic rings. The maximum absolute atomic E-state index is 11.3. The van der Waals surface area contributed by atoms with E-state index in [0.29, 0.717) is 18.3 Å². The molecule has 1 fully saturated rings. The third kappa shape index (κ3) is 4.32. The summed E-state index contributed by atoms with van der Waals surface area (Å²) in [5.41, 5.74) is 6.29. The van der Waals surface area contributed by atoms with Crippen molar-refractivity contribution in [2.45, 2.75) is 19.8 Å². The number of ether oxygens (including phenoxy) is 1. The van der Waals surface area contributed by atoms with E-state index in [0.717, 1.165) is 30.8 Å². The van der Waals surface area contributed by atoms with Crippen LogP contribution in [-0.4, -0.2) is 35.6 Å². The van der Waals surface area contributed by atoms with Crippen LogP contribution in [0.15, 0.2) is 24.3 Å². The zero-order chi connectivity index (χ0) is 15.2. The highest BCUT2D eigenvalue weighted by atomic mass is 32.1. The highest BCUT2D eigenvalue weighted by Gasteiger charge is 2.25. The number of hydrogen-bond acceptors (Lipinski definition) is 3. The van der Waals surface area contributed by atoms with Crippen LogP contribution in [0.3, 0.4) is 0 Å². The summed E-state index contributed by atoms with van der Waals surface area (Å²) in [6.07, 6.45) is 1.77. The number of nitrogens with one attached hydrogen (secondary N) is 1. The summed E-state index contributed by atoms with van der Waals surface area (Å²) < 4.78 is 5.40. The number of thiocarbonyl (C=S) groups is 1. The van der Waals surface area contributed by atoms with Gasteiger partial charge in [0.05, 0.1) is 12.5 Å². The number of amides is 1. The van der Waals surface area contributed by atoms with Crippen LogP contribution in [0.25, 0.3) is 0 Å². The summed E-state index contributed by atoms with van der Waals surface area (Å²) in [4.78, 5) is 13.3. The van der Waals surface area contributed by atoms with Crippen molar-refractivity contribution in [1.29, 1.82) is 0 Å². The third-order valence-electron chi connectivity index (χ3n) is 3.53. The average Bonchev–Trinajstić information content (AvgIpc) is 2.49. The quantitative estimate of drug-likeness (QED) is 0.833. The van der Waals surface area contributed by atoms with Gasteiger partial charge < -0.3 is 20.7 Å². The van der Waals surface area contributed by atoms with Crippen LogP contribution >= 0.6 is 12.2 Å². The number of benzene rings is 1. The van der Waals surface area contributed by atoms with Gasteiger partial charge in [-0.1, -0.05) is 0 Å². The van der Waals surface area contributed by atoms with Crippen LogP contribution in [-0.2, 0) is 4.79 Å². The molecule has 1 atom stereocenters. The van der Waals surface area contributed by atoms with Crippen LogP contribution in [0.4, 0.5) is 5.69 Å². The molecule has 1 aliphatic heterocycles. The normalized spacial score (nSPS) is 18.1. The summed E-state index contributed by atoms with van der Waals surface area (Å²) in [7, 11) is 0. The molecule has 6 heteroatoms. The molecule has 5 nitrogen and oxygen atoms in total. The molecule has 1 aromatic rings. The molecule has 0 unspecified atom stereocenters. The second-order valence-corrected chi connectivity index (χ2v) is 5.46. The number of nitrogens with two attached hydrogens (primary N) is 1. The van der Waals surface area contributed by atoms with E-state index in [1.807, 2.05) is 36.1 Å². The molecule has 0 aliphatic carbocycles. The van der Waals surface area contributed by atoms with Crippen molar-refractivity contribution in [2.24, 2.45) is 11.7 Å². The predicted molar refractivity (Wildman–Crippen MR) is 87.3 cm³/mol. The smallest absolute Gasteiger partial charge is 0.222 e. The maximum Gasteiger partial charge on any atom is 0.222 e. The standard InChI is InChI=1S/C15H21N3O2S/c1-2-20-13-7-5-12(6-8-13)17-15(21)18-9-3-4-11(10-18)14(16)19/h5-8,11H,2-4,9-10H2,1H3,(H2,16,19)(H,17,21)/t11-/m1/s1. The molecule has 0 radical (unpaired) electrons. The van der Waals surface area contributed by atoms with Crippen molar-refractivity contribution in [3.05, 3.63) is 24.3 Å². The van der Waals surface area contributed by atoms with Gasteiger partial charge in [-0.15, -0.1) is 0 Å². The lowest BCUT2D eigenvalue weighted by atomic mass is 9.98. The number of likely N-dealkylation sites (tertiary alicyclic amines) is 1. The van der Waals surface area contributed by atoms with E-state index in [-0.39, 0.29) is 11.8 Å². The molecule has 1 amide bonds. The van der Waals surface area contributed by atoms with Crippen LogP contribution in [0.2, 0.25) is 0 Å². The topological polar surface area (TPSA) is 67.6 Å². The van der Waals surface area contributed by atoms with Gasteiger partial charge in [0.1, 0.15) is 5.75 Å². The van der Waals surface area contributed by atoms with Gasteiger partial charge in [0.15, 0.2) is 5.11 Å². The molecule has 0 spiro atoms. The number of rotatable bonds is 4. The molecule has 1 saturated heterocycles. The zero-order valence-electron chi connectivity index (χ0n) is 12.2. The molecule has 0 bridgehead atoms. The summed E-state index contributed by atoms with van der Waals surface area (Å²) in [5, 5.41) is 3.82. The molecule has 1 heterocycles. The van der Waals surface area contributed by atoms with E-state index in [1.165, 1.54) is 0 Å². The molecule has 1 aromatic carbocycles. The summed E-state index contributed by atoms with van der Waals surface area (Å²) in [5.74, 6) is 0.475. The first-order valence-corrected chi connectivity index (χ1v) is 7.59. The number of piperidine rings is 1. The van der Waals surface area contributed by atoms with Crippen molar-refractivity contribution in [1.82, 2.24) is 4.90 Å². The van der Waals surface area contributed by atoms with E-state index in [9.17, 15) is 4.79 Å². The Morgan fingerprint density at radius 1 is 1.48 bits per heavy atom. The third-order valence-corrected chi connectivity index (χ3v) is 3.89. The maximum atomic E-state index is 11.3. The summed E-state index contributed by atoms with van der Waals surface area (Å²) in [6.45, 7) is 4.05. The van der Waals surface area contributed by atoms with Gasteiger partial charge in [0.25, 0.3) is 0 Å². The first-order valence-electron chi connectivity index (χ1n) is 7.18. The number of primary amides is 1. The lowest BCUT2D eigenvalue weighted by Gasteiger charge is -2.33. The Bertz CT molecular complexity index is 504. The molecule has 21 heavy (non-hydrogen) atoms. The van der Waals surface area contributed by atoms with E-state index in [1.54, 1.807) is 0 Å². The van der Waals surface area contributed by atoms with Crippen LogP contribution in [0.5, 0.6) is 5.75 Å². The summed E-state index contributed by atoms with van der Waals surface area (Å²) in [6, 6.07) is 7.65. The Kier molecular flexibility index (Phi) is 5.38. The Hall–Kier alpha value is -1.82. The number of anilines is 1. The van der Waals surface area contributed by atoms with Gasteiger partial charge in [-0.2, -0.15) is 0 Å². The fourth-order valence-corrected chi connectivity index (χ4v) is 2.68. The predicted octanol–water partition coefficient (Wildman–Crippen LogP) is 1.98. The average molecular weight is 307 g/mol. The van der Waals surface area contributed by atoms with Crippen molar-refractivity contribution in [2.75, 3.05) is 25.0 Å². The molecule has 0 saturated carbocycles. The fraction of sp³-hybridized carbons (Fsp3) is 0.467. The Morgan fingerprint density at radius 2 is 2.19 bits per heavy atom. The fourth-order valence-electron chi connectivity index (χ4n) is 2.40. The highest BCUT2D eigenvalue weighted by molar-refractivity contribution is 7.80. The summed E-state index contributed by atoms with van der Waals surface area (Å²) >= 11 is 5.41. The van der Waals surface area contributed by atoms with Gasteiger partial charge in [-0.05, 0) is 56.2 Å². The Labute approximate surface area is 130 Å². The van der Waals surface area contributed by atoms with Gasteiger partial charge in [-0.3, -0.25) is 4.79 Å². The van der Waals surface area contributed by atoms with Crippen molar-refractivity contribution in [3.8, 4) is 5.75 Å². The van der Waals surface area contributed by atoms with E-state index in [4.69, 9.17) is 22.7 Å². The molecular formula is C15H21N3O2S. The SMILES string of the molecule is CCOc1ccc(NC(=S)N2CCC[C@@H](C(N)=O)C2)cc1. The van der Waals surface area contributed by atoms with Crippen molar-refractivity contribution >= 4 is 28.9 Å². The molecule has 2 rings (SSSR count). The van der Waals surface area contributed by atoms with Gasteiger partial charge in [0, 0.05) is 18.8 Å². The number of nitrogens with zero attached hydrogens (tertiary/aromatic N) is 1. The second-order valence-electron chi connectivity index (χ2n) is 5.08. The zero-order valence-corrected chi connectivity index (χ0v) is 13.0.